The van der Waals surface area contributed by atoms with E-state index in [-0.39, 0.29) is 46.0 Å². The second kappa shape index (κ2) is 8.63. The minimum atomic E-state index is 0. The molecule has 0 saturated heterocycles. The van der Waals surface area contributed by atoms with Gasteiger partial charge in [-0.05, 0) is 14.1 Å². The number of rotatable bonds is 2. The van der Waals surface area contributed by atoms with Crippen LogP contribution in [0.5, 0.6) is 0 Å². The fraction of sp³-hybridized carbons (Fsp3) is 0.714. The van der Waals surface area contributed by atoms with Crippen LogP contribution in [0.25, 0.3) is 0 Å². The minimum Gasteiger partial charge on any atom is -0.358 e. The van der Waals surface area contributed by atoms with Gasteiger partial charge >= 0.3 is 0 Å². The molecule has 0 heterocycles. The number of hydrogen-bond donors (Lipinski definition) is 0. The maximum atomic E-state index is 10.6. The van der Waals surface area contributed by atoms with Gasteiger partial charge in [-0.25, -0.2) is 0 Å². The van der Waals surface area contributed by atoms with Gasteiger partial charge in [0.25, 0.3) is 0 Å². The first-order valence-electron chi connectivity index (χ1n) is 2.90. The zero-order chi connectivity index (χ0) is 7.44. The molecule has 0 saturated carbocycles. The van der Waals surface area contributed by atoms with Crippen LogP contribution in [0.3, 0.4) is 0 Å². The first-order chi connectivity index (χ1) is 4.04. The molecule has 0 aromatic carbocycles. The Morgan fingerprint density at radius 1 is 1.27 bits per heavy atom. The molecule has 0 aromatic rings. The largest absolute Gasteiger partial charge is 0.358 e. The second-order valence-electron chi connectivity index (χ2n) is 2.44. The average Bonchev–Trinajstić information content (AvgIpc) is 1.63. The molecular formula is C7H17N2OY-. The molecule has 0 fully saturated rings. The van der Waals surface area contributed by atoms with Gasteiger partial charge in [0, 0.05) is 46.7 Å². The predicted octanol–water partition coefficient (Wildman–Crippen LogP) is 0.432. The van der Waals surface area contributed by atoms with Crippen LogP contribution in [0, 0.1) is 7.43 Å². The van der Waals surface area contributed by atoms with Crippen molar-refractivity contribution in [3.05, 3.63) is 7.43 Å². The Labute approximate surface area is 95.0 Å². The van der Waals surface area contributed by atoms with Gasteiger partial charge in [0.05, 0.1) is 6.67 Å². The zero-order valence-electron chi connectivity index (χ0n) is 8.09. The third kappa shape index (κ3) is 10.5. The van der Waals surface area contributed by atoms with Crippen molar-refractivity contribution in [2.45, 2.75) is 6.92 Å². The fourth-order valence-corrected chi connectivity index (χ4v) is 0.524. The van der Waals surface area contributed by atoms with E-state index in [0.717, 1.165) is 0 Å². The van der Waals surface area contributed by atoms with E-state index in [1.165, 1.54) is 0 Å². The summed E-state index contributed by atoms with van der Waals surface area (Å²) in [6.45, 7) is 2.25. The van der Waals surface area contributed by atoms with E-state index < -0.39 is 0 Å². The van der Waals surface area contributed by atoms with E-state index in [4.69, 9.17) is 0 Å². The Balaban J connectivity index is -0.000000320. The monoisotopic (exact) mass is 234 g/mol. The molecule has 11 heavy (non-hydrogen) atoms. The van der Waals surface area contributed by atoms with E-state index in [1.54, 1.807) is 18.9 Å². The van der Waals surface area contributed by atoms with Crippen LogP contribution in [0.15, 0.2) is 0 Å². The first kappa shape index (κ1) is 17.6. The molecule has 1 radical (unpaired) electrons. The summed E-state index contributed by atoms with van der Waals surface area (Å²) in [7, 11) is 5.64. The third-order valence-corrected chi connectivity index (χ3v) is 1.03. The molecule has 1 amide bonds. The van der Waals surface area contributed by atoms with Crippen LogP contribution in [-0.4, -0.2) is 43.5 Å². The van der Waals surface area contributed by atoms with Crippen molar-refractivity contribution in [1.29, 1.82) is 0 Å². The van der Waals surface area contributed by atoms with Gasteiger partial charge in [-0.3, -0.25) is 9.69 Å². The maximum Gasteiger partial charge on any atom is 0.220 e. The molecule has 0 atom stereocenters. The van der Waals surface area contributed by atoms with E-state index >= 15 is 0 Å². The molecule has 0 bridgehead atoms. The molecule has 0 rings (SSSR count). The number of carbonyl (C=O) groups excluding carboxylic acids is 1. The van der Waals surface area contributed by atoms with E-state index in [2.05, 4.69) is 0 Å². The van der Waals surface area contributed by atoms with Gasteiger partial charge < -0.3 is 12.3 Å². The molecule has 0 aliphatic heterocycles. The van der Waals surface area contributed by atoms with Crippen LogP contribution < -0.4 is 0 Å². The predicted molar refractivity (Wildman–Crippen MR) is 43.4 cm³/mol. The maximum absolute atomic E-state index is 10.6. The van der Waals surface area contributed by atoms with Gasteiger partial charge in [0.2, 0.25) is 5.91 Å². The summed E-state index contributed by atoms with van der Waals surface area (Å²) in [6, 6.07) is 0. The molecule has 0 unspecified atom stereocenters. The van der Waals surface area contributed by atoms with Gasteiger partial charge in [0.1, 0.15) is 0 Å². The van der Waals surface area contributed by atoms with Gasteiger partial charge in [0.15, 0.2) is 0 Å². The van der Waals surface area contributed by atoms with Crippen LogP contribution in [0.4, 0.5) is 0 Å². The van der Waals surface area contributed by atoms with E-state index in [1.807, 2.05) is 19.0 Å². The summed E-state index contributed by atoms with van der Waals surface area (Å²) in [5, 5.41) is 0. The van der Waals surface area contributed by atoms with Crippen molar-refractivity contribution < 1.29 is 37.5 Å². The molecule has 3 nitrogen and oxygen atoms in total. The molecule has 0 aliphatic carbocycles. The summed E-state index contributed by atoms with van der Waals surface area (Å²) >= 11 is 0. The van der Waals surface area contributed by atoms with Crippen molar-refractivity contribution in [2.24, 2.45) is 0 Å². The van der Waals surface area contributed by atoms with Gasteiger partial charge in [-0.1, -0.05) is 0 Å². The average molecular weight is 234 g/mol. The number of carbonyl (C=O) groups is 1. The summed E-state index contributed by atoms with van der Waals surface area (Å²) in [4.78, 5) is 14.2. The Morgan fingerprint density at radius 2 is 1.64 bits per heavy atom. The van der Waals surface area contributed by atoms with Crippen molar-refractivity contribution in [3.63, 3.8) is 0 Å². The molecule has 4 heteroatoms. The summed E-state index contributed by atoms with van der Waals surface area (Å²) in [6.07, 6.45) is 0. The van der Waals surface area contributed by atoms with Crippen molar-refractivity contribution in [2.75, 3.05) is 27.8 Å². The van der Waals surface area contributed by atoms with Crippen molar-refractivity contribution >= 4 is 5.91 Å². The normalized spacial score (nSPS) is 8.09. The number of amides is 1. The molecule has 0 spiro atoms. The van der Waals surface area contributed by atoms with Gasteiger partial charge in [-0.2, -0.15) is 0 Å². The molecule has 0 aliphatic rings. The van der Waals surface area contributed by atoms with Crippen LogP contribution in [0.1, 0.15) is 6.92 Å². The van der Waals surface area contributed by atoms with E-state index in [9.17, 15) is 4.79 Å². The number of hydrogen-bond acceptors (Lipinski definition) is 2. The SMILES string of the molecule is CC(=O)N(C)CN(C)C.[CH3-].[Y]. The van der Waals surface area contributed by atoms with Crippen LogP contribution in [0.2, 0.25) is 0 Å². The Kier molecular flexibility index (Phi) is 13.8. The zero-order valence-corrected chi connectivity index (χ0v) is 10.9. The smallest absolute Gasteiger partial charge is 0.220 e. The van der Waals surface area contributed by atoms with Crippen molar-refractivity contribution in [3.8, 4) is 0 Å². The molecular weight excluding hydrogens is 217 g/mol. The molecule has 65 valence electrons. The quantitative estimate of drug-likeness (QED) is 0.511. The summed E-state index contributed by atoms with van der Waals surface area (Å²) in [5.41, 5.74) is 0. The van der Waals surface area contributed by atoms with E-state index in [0.29, 0.717) is 6.67 Å². The third-order valence-electron chi connectivity index (χ3n) is 1.03. The minimum absolute atomic E-state index is 0. The number of nitrogens with zero attached hydrogens (tertiary/aromatic N) is 2. The Bertz CT molecular complexity index is 107. The van der Waals surface area contributed by atoms with Gasteiger partial charge in [-0.15, -0.1) is 0 Å². The Morgan fingerprint density at radius 3 is 1.73 bits per heavy atom. The summed E-state index contributed by atoms with van der Waals surface area (Å²) < 4.78 is 0. The Hall–Kier alpha value is 0.534. The summed E-state index contributed by atoms with van der Waals surface area (Å²) in [5.74, 6) is 0.101. The fourth-order valence-electron chi connectivity index (χ4n) is 0.524. The molecule has 0 N–H and O–H groups in total. The second-order valence-corrected chi connectivity index (χ2v) is 2.44. The molecule has 0 aromatic heterocycles. The van der Waals surface area contributed by atoms with Crippen LogP contribution in [-0.2, 0) is 37.5 Å². The standard InChI is InChI=1S/C6H14N2O.CH3.Y/c1-6(9)8(4)5-7(2)3;;/h5H2,1-4H3;1H3;/q;-1;. The topological polar surface area (TPSA) is 23.6 Å². The first-order valence-corrected chi connectivity index (χ1v) is 2.90. The van der Waals surface area contributed by atoms with Crippen LogP contribution >= 0.6 is 0 Å². The van der Waals surface area contributed by atoms with Crippen molar-refractivity contribution in [1.82, 2.24) is 9.80 Å².